The van der Waals surface area contributed by atoms with Gasteiger partial charge < -0.3 is 4.84 Å². The lowest BCUT2D eigenvalue weighted by Gasteiger charge is -2.09. The van der Waals surface area contributed by atoms with Gasteiger partial charge in [-0.1, -0.05) is 60.1 Å². The molecule has 0 radical (unpaired) electrons. The van der Waals surface area contributed by atoms with Crippen molar-refractivity contribution in [2.75, 3.05) is 0 Å². The minimum atomic E-state index is -3.86. The smallest absolute Gasteiger partial charge is 0.284 e. The summed E-state index contributed by atoms with van der Waals surface area (Å²) in [5, 5.41) is 3.79. The number of aryl methyl sites for hydroxylation is 1. The third-order valence-electron chi connectivity index (χ3n) is 3.48. The molecule has 2 aromatic rings. The number of nitrogens with zero attached hydrogens (tertiary/aromatic N) is 1. The Morgan fingerprint density at radius 3 is 2.35 bits per heavy atom. The summed E-state index contributed by atoms with van der Waals surface area (Å²) in [6.45, 7) is 3.79. The fraction of sp³-hybridized carbons (Fsp3) is 0.222. The van der Waals surface area contributed by atoms with Crippen LogP contribution >= 0.6 is 0 Å². The van der Waals surface area contributed by atoms with Gasteiger partial charge in [-0.25, -0.2) is 8.42 Å². The summed E-state index contributed by atoms with van der Waals surface area (Å²) in [5.41, 5.74) is 4.07. The molecule has 138 valence electrons. The molecule has 0 heterocycles. The Kier molecular flexibility index (Phi) is 6.88. The van der Waals surface area contributed by atoms with Crippen molar-refractivity contribution >= 4 is 21.6 Å². The molecule has 0 saturated carbocycles. The number of sulfonamides is 1. The predicted octanol–water partition coefficient (Wildman–Crippen LogP) is 2.29. The molecule has 1 amide bonds. The van der Waals surface area contributed by atoms with E-state index in [1.165, 1.54) is 12.1 Å². The highest BCUT2D eigenvalue weighted by Gasteiger charge is 2.17. The Morgan fingerprint density at radius 1 is 1.08 bits per heavy atom. The Balaban J connectivity index is 1.93. The molecule has 0 spiro atoms. The van der Waals surface area contributed by atoms with Gasteiger partial charge >= 0.3 is 0 Å². The molecule has 0 aliphatic rings. The quantitative estimate of drug-likeness (QED) is 0.546. The standard InChI is InChI=1S/C18H21N3O4S/c1-3-17(20-25-13-15-7-5-4-6-8-15)18(22)19-21-26(23,24)16-11-9-14(2)10-12-16/h4-12,21H,3,13H2,1-2H3,(H,19,22)/b20-17-. The van der Waals surface area contributed by atoms with E-state index in [9.17, 15) is 13.2 Å². The first-order valence-electron chi connectivity index (χ1n) is 8.04. The number of rotatable bonds is 8. The number of nitrogens with one attached hydrogen (secondary N) is 2. The highest BCUT2D eigenvalue weighted by molar-refractivity contribution is 7.89. The highest BCUT2D eigenvalue weighted by Crippen LogP contribution is 2.09. The summed E-state index contributed by atoms with van der Waals surface area (Å²) < 4.78 is 24.3. The zero-order valence-corrected chi connectivity index (χ0v) is 15.4. The van der Waals surface area contributed by atoms with Crippen LogP contribution in [0.1, 0.15) is 24.5 Å². The Labute approximate surface area is 153 Å². The fourth-order valence-electron chi connectivity index (χ4n) is 1.99. The molecule has 2 N–H and O–H groups in total. The molecule has 0 atom stereocenters. The molecule has 0 aromatic heterocycles. The van der Waals surface area contributed by atoms with Gasteiger partial charge in [-0.2, -0.15) is 0 Å². The van der Waals surface area contributed by atoms with Gasteiger partial charge in [-0.15, -0.1) is 4.83 Å². The molecule has 0 saturated heterocycles. The zero-order valence-electron chi connectivity index (χ0n) is 14.6. The van der Waals surface area contributed by atoms with Crippen LogP contribution in [0, 0.1) is 6.92 Å². The minimum Gasteiger partial charge on any atom is -0.391 e. The molecule has 0 bridgehead atoms. The van der Waals surface area contributed by atoms with Crippen LogP contribution in [0.2, 0.25) is 0 Å². The van der Waals surface area contributed by atoms with Gasteiger partial charge in [0.25, 0.3) is 15.9 Å². The number of hydrazine groups is 1. The fourth-order valence-corrected chi connectivity index (χ4v) is 2.83. The first-order chi connectivity index (χ1) is 12.4. The third kappa shape index (κ3) is 5.68. The van der Waals surface area contributed by atoms with E-state index in [1.54, 1.807) is 19.1 Å². The van der Waals surface area contributed by atoms with Crippen molar-refractivity contribution in [3.05, 3.63) is 65.7 Å². The molecule has 0 unspecified atom stereocenters. The maximum atomic E-state index is 12.2. The summed E-state index contributed by atoms with van der Waals surface area (Å²) in [4.78, 5) is 19.4. The van der Waals surface area contributed by atoms with Gasteiger partial charge in [0.05, 0.1) is 4.90 Å². The SMILES string of the molecule is CC/C(=N/OCc1ccccc1)C(=O)NNS(=O)(=O)c1ccc(C)cc1. The van der Waals surface area contributed by atoms with Crippen LogP contribution in [0.3, 0.4) is 0 Å². The summed E-state index contributed by atoms with van der Waals surface area (Å²) in [6, 6.07) is 15.6. The first-order valence-corrected chi connectivity index (χ1v) is 9.52. The lowest BCUT2D eigenvalue weighted by molar-refractivity contribution is -0.115. The van der Waals surface area contributed by atoms with Gasteiger partial charge in [0.1, 0.15) is 12.3 Å². The number of hydrogen-bond acceptors (Lipinski definition) is 5. The van der Waals surface area contributed by atoms with Crippen LogP contribution in [0.25, 0.3) is 0 Å². The molecule has 26 heavy (non-hydrogen) atoms. The monoisotopic (exact) mass is 375 g/mol. The van der Waals surface area contributed by atoms with E-state index < -0.39 is 15.9 Å². The van der Waals surface area contributed by atoms with Crippen molar-refractivity contribution in [2.24, 2.45) is 5.16 Å². The molecular formula is C18H21N3O4S. The Bertz CT molecular complexity index is 863. The van der Waals surface area contributed by atoms with Gasteiger partial charge in [0.2, 0.25) is 0 Å². The third-order valence-corrected chi connectivity index (χ3v) is 4.74. The summed E-state index contributed by atoms with van der Waals surface area (Å²) in [5.74, 6) is -0.670. The minimum absolute atomic E-state index is 0.0544. The molecule has 0 aliphatic carbocycles. The van der Waals surface area contributed by atoms with Crippen molar-refractivity contribution in [1.29, 1.82) is 0 Å². The van der Waals surface area contributed by atoms with Crippen molar-refractivity contribution < 1.29 is 18.0 Å². The van der Waals surface area contributed by atoms with E-state index in [0.717, 1.165) is 11.1 Å². The van der Waals surface area contributed by atoms with E-state index in [4.69, 9.17) is 4.84 Å². The number of hydrogen-bond donors (Lipinski definition) is 2. The van der Waals surface area contributed by atoms with Crippen molar-refractivity contribution in [2.45, 2.75) is 31.8 Å². The summed E-state index contributed by atoms with van der Waals surface area (Å²) >= 11 is 0. The van der Waals surface area contributed by atoms with Crippen LogP contribution in [-0.4, -0.2) is 20.0 Å². The van der Waals surface area contributed by atoms with Gasteiger partial charge in [0, 0.05) is 0 Å². The lowest BCUT2D eigenvalue weighted by atomic mass is 10.2. The Hall–Kier alpha value is -2.71. The number of benzene rings is 2. The second-order valence-electron chi connectivity index (χ2n) is 5.52. The van der Waals surface area contributed by atoms with Crippen LogP contribution in [0.15, 0.2) is 64.6 Å². The average molecular weight is 375 g/mol. The second-order valence-corrected chi connectivity index (χ2v) is 7.21. The molecule has 2 rings (SSSR count). The van der Waals surface area contributed by atoms with Crippen LogP contribution < -0.4 is 10.3 Å². The number of oxime groups is 1. The topological polar surface area (TPSA) is 96.9 Å². The molecule has 7 nitrogen and oxygen atoms in total. The zero-order chi connectivity index (χ0) is 19.0. The molecular weight excluding hydrogens is 354 g/mol. The number of carbonyl (C=O) groups is 1. The lowest BCUT2D eigenvalue weighted by Crippen LogP contribution is -2.44. The maximum absolute atomic E-state index is 12.2. The van der Waals surface area contributed by atoms with E-state index in [-0.39, 0.29) is 23.6 Å². The van der Waals surface area contributed by atoms with Crippen molar-refractivity contribution in [3.8, 4) is 0 Å². The van der Waals surface area contributed by atoms with E-state index >= 15 is 0 Å². The van der Waals surface area contributed by atoms with Crippen LogP contribution in [0.4, 0.5) is 0 Å². The van der Waals surface area contributed by atoms with Crippen LogP contribution in [-0.2, 0) is 26.3 Å². The van der Waals surface area contributed by atoms with Gasteiger partial charge in [-0.3, -0.25) is 10.2 Å². The molecule has 8 heteroatoms. The average Bonchev–Trinajstić information content (AvgIpc) is 2.64. The largest absolute Gasteiger partial charge is 0.391 e. The highest BCUT2D eigenvalue weighted by atomic mass is 32.2. The number of amides is 1. The van der Waals surface area contributed by atoms with E-state index in [0.29, 0.717) is 0 Å². The second kappa shape index (κ2) is 9.12. The molecule has 0 aliphatic heterocycles. The van der Waals surface area contributed by atoms with E-state index in [1.807, 2.05) is 37.3 Å². The van der Waals surface area contributed by atoms with Crippen molar-refractivity contribution in [3.63, 3.8) is 0 Å². The van der Waals surface area contributed by atoms with E-state index in [2.05, 4.69) is 15.4 Å². The van der Waals surface area contributed by atoms with Gasteiger partial charge in [-0.05, 0) is 31.0 Å². The Morgan fingerprint density at radius 2 is 1.73 bits per heavy atom. The molecule has 0 fully saturated rings. The van der Waals surface area contributed by atoms with Crippen LogP contribution in [0.5, 0.6) is 0 Å². The first kappa shape index (κ1) is 19.6. The predicted molar refractivity (Wildman–Crippen MR) is 98.6 cm³/mol. The van der Waals surface area contributed by atoms with Gasteiger partial charge in [0.15, 0.2) is 0 Å². The number of carbonyl (C=O) groups excluding carboxylic acids is 1. The summed E-state index contributed by atoms with van der Waals surface area (Å²) in [6.07, 6.45) is 0.285. The maximum Gasteiger partial charge on any atom is 0.284 e. The van der Waals surface area contributed by atoms with Crippen molar-refractivity contribution in [1.82, 2.24) is 10.3 Å². The normalized spacial score (nSPS) is 11.8. The molecule has 2 aromatic carbocycles. The summed E-state index contributed by atoms with van der Waals surface area (Å²) in [7, 11) is -3.86.